The quantitative estimate of drug-likeness (QED) is 0.332. The number of Topliss-reactive ketones (excluding diaryl/α,β-unsaturated/α-hetero) is 1. The van der Waals surface area contributed by atoms with Gasteiger partial charge in [0.05, 0.1) is 6.54 Å². The summed E-state index contributed by atoms with van der Waals surface area (Å²) in [5, 5.41) is 9.28. The number of thioether (sulfide) groups is 1. The number of nitrogens with zero attached hydrogens (tertiary/aromatic N) is 3. The first-order valence-electron chi connectivity index (χ1n) is 8.49. The van der Waals surface area contributed by atoms with E-state index in [-0.39, 0.29) is 11.6 Å². The summed E-state index contributed by atoms with van der Waals surface area (Å²) in [5.41, 5.74) is 1.75. The maximum Gasteiger partial charge on any atom is 0.191 e. The zero-order chi connectivity index (χ0) is 18.4. The Labute approximate surface area is 156 Å². The number of aryl methyl sites for hydroxylation is 1. The van der Waals surface area contributed by atoms with E-state index in [1.165, 1.54) is 29.8 Å². The van der Waals surface area contributed by atoms with Crippen LogP contribution in [0.4, 0.5) is 4.39 Å². The van der Waals surface area contributed by atoms with Gasteiger partial charge in [-0.2, -0.15) is 0 Å². The van der Waals surface area contributed by atoms with Crippen LogP contribution in [0.3, 0.4) is 0 Å². The number of hydrogen-bond donors (Lipinski definition) is 0. The molecule has 0 unspecified atom stereocenters. The average molecular weight is 369 g/mol. The van der Waals surface area contributed by atoms with E-state index < -0.39 is 0 Å². The molecule has 0 aliphatic rings. The summed E-state index contributed by atoms with van der Waals surface area (Å²) in [7, 11) is 0. The Morgan fingerprint density at radius 2 is 1.81 bits per heavy atom. The zero-order valence-corrected chi connectivity index (χ0v) is 15.4. The van der Waals surface area contributed by atoms with Crippen molar-refractivity contribution in [1.29, 1.82) is 0 Å². The van der Waals surface area contributed by atoms with Crippen molar-refractivity contribution in [3.63, 3.8) is 0 Å². The number of benzene rings is 2. The number of carbonyl (C=O) groups excluding carboxylic acids is 1. The van der Waals surface area contributed by atoms with Gasteiger partial charge in [0.25, 0.3) is 0 Å². The molecule has 0 fully saturated rings. The number of rotatable bonds is 8. The lowest BCUT2D eigenvalue weighted by molar-refractivity contribution is 0.0982. The fraction of sp³-hybridized carbons (Fsp3) is 0.250. The summed E-state index contributed by atoms with van der Waals surface area (Å²) < 4.78 is 15.0. The lowest BCUT2D eigenvalue weighted by Crippen LogP contribution is -2.04. The fourth-order valence-electron chi connectivity index (χ4n) is 2.59. The van der Waals surface area contributed by atoms with Crippen LogP contribution in [-0.2, 0) is 6.54 Å². The molecule has 0 amide bonds. The van der Waals surface area contributed by atoms with Crippen molar-refractivity contribution in [3.8, 4) is 0 Å². The molecule has 0 radical (unpaired) electrons. The molecule has 26 heavy (non-hydrogen) atoms. The van der Waals surface area contributed by atoms with Gasteiger partial charge in [0.15, 0.2) is 10.9 Å². The van der Waals surface area contributed by atoms with Gasteiger partial charge in [-0.3, -0.25) is 4.79 Å². The van der Waals surface area contributed by atoms with Gasteiger partial charge in [-0.05, 0) is 43.2 Å². The van der Waals surface area contributed by atoms with Gasteiger partial charge in [-0.25, -0.2) is 4.39 Å². The van der Waals surface area contributed by atoms with Crippen LogP contribution in [0.5, 0.6) is 0 Å². The maximum atomic E-state index is 12.9. The summed E-state index contributed by atoms with van der Waals surface area (Å²) in [4.78, 5) is 12.1. The molecule has 0 N–H and O–H groups in total. The topological polar surface area (TPSA) is 47.8 Å². The Bertz CT molecular complexity index is 863. The van der Waals surface area contributed by atoms with Gasteiger partial charge in [0, 0.05) is 17.7 Å². The van der Waals surface area contributed by atoms with Crippen molar-refractivity contribution in [2.75, 3.05) is 5.75 Å². The Morgan fingerprint density at radius 3 is 2.54 bits per heavy atom. The van der Waals surface area contributed by atoms with Gasteiger partial charge >= 0.3 is 0 Å². The summed E-state index contributed by atoms with van der Waals surface area (Å²) in [6, 6.07) is 15.9. The molecule has 0 saturated heterocycles. The van der Waals surface area contributed by atoms with Crippen molar-refractivity contribution in [2.45, 2.75) is 31.5 Å². The van der Waals surface area contributed by atoms with Gasteiger partial charge in [0.1, 0.15) is 11.6 Å². The molecule has 0 aliphatic carbocycles. The van der Waals surface area contributed by atoms with E-state index in [1.54, 1.807) is 11.8 Å². The number of ketones is 1. The van der Waals surface area contributed by atoms with E-state index in [9.17, 15) is 9.18 Å². The third kappa shape index (κ3) is 4.79. The first-order valence-corrected chi connectivity index (χ1v) is 9.47. The van der Waals surface area contributed by atoms with Crippen LogP contribution in [-0.4, -0.2) is 26.3 Å². The smallest absolute Gasteiger partial charge is 0.191 e. The number of hydrogen-bond acceptors (Lipinski definition) is 4. The number of aromatic nitrogens is 3. The Kier molecular flexibility index (Phi) is 6.17. The molecule has 0 saturated carbocycles. The van der Waals surface area contributed by atoms with Crippen LogP contribution < -0.4 is 0 Å². The predicted octanol–water partition coefficient (Wildman–Crippen LogP) is 4.53. The molecule has 2 aromatic carbocycles. The molecular formula is C20H20FN3OS. The zero-order valence-electron chi connectivity index (χ0n) is 14.6. The minimum atomic E-state index is -0.328. The van der Waals surface area contributed by atoms with Crippen LogP contribution in [0.1, 0.15) is 34.6 Å². The van der Waals surface area contributed by atoms with Crippen molar-refractivity contribution >= 4 is 17.5 Å². The Hall–Kier alpha value is -2.47. The SMILES string of the molecule is Cc1nnc(SCCCC(=O)c2ccc(F)cc2)n1Cc1ccccc1. The van der Waals surface area contributed by atoms with Crippen molar-refractivity contribution in [3.05, 3.63) is 77.4 Å². The van der Waals surface area contributed by atoms with E-state index in [2.05, 4.69) is 26.9 Å². The van der Waals surface area contributed by atoms with Crippen molar-refractivity contribution in [2.24, 2.45) is 0 Å². The molecular weight excluding hydrogens is 349 g/mol. The summed E-state index contributed by atoms with van der Waals surface area (Å²) in [6.45, 7) is 2.68. The monoisotopic (exact) mass is 369 g/mol. The third-order valence-electron chi connectivity index (χ3n) is 4.03. The second-order valence-electron chi connectivity index (χ2n) is 5.98. The van der Waals surface area contributed by atoms with E-state index >= 15 is 0 Å². The molecule has 1 aromatic heterocycles. The second kappa shape index (κ2) is 8.76. The average Bonchev–Trinajstić information content (AvgIpc) is 3.00. The van der Waals surface area contributed by atoms with Crippen LogP contribution in [0, 0.1) is 12.7 Å². The molecule has 0 atom stereocenters. The van der Waals surface area contributed by atoms with Crippen molar-refractivity contribution in [1.82, 2.24) is 14.8 Å². The highest BCUT2D eigenvalue weighted by Crippen LogP contribution is 2.20. The molecule has 0 bridgehead atoms. The second-order valence-corrected chi connectivity index (χ2v) is 7.05. The first-order chi connectivity index (χ1) is 12.6. The third-order valence-corrected chi connectivity index (χ3v) is 5.08. The van der Waals surface area contributed by atoms with E-state index in [1.807, 2.05) is 25.1 Å². The van der Waals surface area contributed by atoms with E-state index in [0.29, 0.717) is 12.0 Å². The van der Waals surface area contributed by atoms with E-state index in [0.717, 1.165) is 29.7 Å². The molecule has 1 heterocycles. The van der Waals surface area contributed by atoms with Gasteiger partial charge < -0.3 is 4.57 Å². The van der Waals surface area contributed by atoms with Gasteiger partial charge in [0.2, 0.25) is 0 Å². The van der Waals surface area contributed by atoms with E-state index in [4.69, 9.17) is 0 Å². The predicted molar refractivity (Wildman–Crippen MR) is 101 cm³/mol. The summed E-state index contributed by atoms with van der Waals surface area (Å²) in [5.74, 6) is 1.36. The summed E-state index contributed by atoms with van der Waals surface area (Å²) >= 11 is 1.60. The lowest BCUT2D eigenvalue weighted by atomic mass is 10.1. The number of halogens is 1. The van der Waals surface area contributed by atoms with Crippen LogP contribution >= 0.6 is 11.8 Å². The maximum absolute atomic E-state index is 12.9. The Morgan fingerprint density at radius 1 is 1.08 bits per heavy atom. The van der Waals surface area contributed by atoms with Crippen LogP contribution in [0.2, 0.25) is 0 Å². The lowest BCUT2D eigenvalue weighted by Gasteiger charge is -2.08. The standard InChI is InChI=1S/C20H20FN3OS/c1-15-22-23-20(24(15)14-16-6-3-2-4-7-16)26-13-5-8-19(25)17-9-11-18(21)12-10-17/h2-4,6-7,9-12H,5,8,13-14H2,1H3. The van der Waals surface area contributed by atoms with Crippen molar-refractivity contribution < 1.29 is 9.18 Å². The highest BCUT2D eigenvalue weighted by atomic mass is 32.2. The fourth-order valence-corrected chi connectivity index (χ4v) is 3.51. The molecule has 4 nitrogen and oxygen atoms in total. The number of carbonyl (C=O) groups is 1. The van der Waals surface area contributed by atoms with Crippen LogP contribution in [0.15, 0.2) is 59.8 Å². The molecule has 0 spiro atoms. The Balaban J connectivity index is 1.52. The first kappa shape index (κ1) is 18.3. The highest BCUT2D eigenvalue weighted by molar-refractivity contribution is 7.99. The minimum Gasteiger partial charge on any atom is -0.302 e. The molecule has 6 heteroatoms. The van der Waals surface area contributed by atoms with Gasteiger partial charge in [-0.15, -0.1) is 10.2 Å². The van der Waals surface area contributed by atoms with Crippen LogP contribution in [0.25, 0.3) is 0 Å². The molecule has 3 rings (SSSR count). The largest absolute Gasteiger partial charge is 0.302 e. The normalized spacial score (nSPS) is 10.8. The molecule has 0 aliphatic heterocycles. The molecule has 134 valence electrons. The minimum absolute atomic E-state index is 0.0348. The summed E-state index contributed by atoms with van der Waals surface area (Å²) in [6.07, 6.45) is 1.17. The molecule has 3 aromatic rings. The highest BCUT2D eigenvalue weighted by Gasteiger charge is 2.11. The van der Waals surface area contributed by atoms with Gasteiger partial charge in [-0.1, -0.05) is 42.1 Å².